The van der Waals surface area contributed by atoms with Gasteiger partial charge in [0.05, 0.1) is 24.7 Å². The van der Waals surface area contributed by atoms with E-state index < -0.39 is 0 Å². The molecule has 2 N–H and O–H groups in total. The van der Waals surface area contributed by atoms with Crippen LogP contribution in [0.15, 0.2) is 30.3 Å². The summed E-state index contributed by atoms with van der Waals surface area (Å²) in [7, 11) is 0. The fourth-order valence-corrected chi connectivity index (χ4v) is 2.72. The SMILES string of the molecule is CCC1OCCC1C(=O)N[C@@H](CO)Cc1ccccc1. The lowest BCUT2D eigenvalue weighted by Gasteiger charge is -2.21. The zero-order chi connectivity index (χ0) is 14.4. The van der Waals surface area contributed by atoms with Crippen molar-refractivity contribution in [3.8, 4) is 0 Å². The molecule has 0 radical (unpaired) electrons. The van der Waals surface area contributed by atoms with Gasteiger partial charge in [0.2, 0.25) is 5.91 Å². The Morgan fingerprint density at radius 1 is 1.45 bits per heavy atom. The lowest BCUT2D eigenvalue weighted by molar-refractivity contribution is -0.127. The Hall–Kier alpha value is -1.39. The summed E-state index contributed by atoms with van der Waals surface area (Å²) in [6.07, 6.45) is 2.29. The van der Waals surface area contributed by atoms with Crippen LogP contribution in [0.1, 0.15) is 25.3 Å². The minimum absolute atomic E-state index is 0.00401. The Bertz CT molecular complexity index is 421. The molecule has 0 aromatic heterocycles. The van der Waals surface area contributed by atoms with E-state index in [1.807, 2.05) is 37.3 Å². The van der Waals surface area contributed by atoms with Crippen LogP contribution in [-0.4, -0.2) is 36.4 Å². The number of hydrogen-bond acceptors (Lipinski definition) is 3. The first-order valence-electron chi connectivity index (χ1n) is 7.31. The molecule has 1 aliphatic rings. The number of carbonyl (C=O) groups excluding carboxylic acids is 1. The second-order valence-electron chi connectivity index (χ2n) is 5.29. The smallest absolute Gasteiger partial charge is 0.226 e. The zero-order valence-electron chi connectivity index (χ0n) is 11.9. The highest BCUT2D eigenvalue weighted by Gasteiger charge is 2.33. The molecular weight excluding hydrogens is 254 g/mol. The van der Waals surface area contributed by atoms with Crippen molar-refractivity contribution < 1.29 is 14.6 Å². The number of amides is 1. The van der Waals surface area contributed by atoms with Crippen molar-refractivity contribution in [1.29, 1.82) is 0 Å². The summed E-state index contributed by atoms with van der Waals surface area (Å²) in [6, 6.07) is 9.65. The van der Waals surface area contributed by atoms with Gasteiger partial charge >= 0.3 is 0 Å². The molecule has 0 bridgehead atoms. The molecule has 4 nitrogen and oxygen atoms in total. The van der Waals surface area contributed by atoms with Crippen LogP contribution >= 0.6 is 0 Å². The third-order valence-electron chi connectivity index (χ3n) is 3.84. The second-order valence-corrected chi connectivity index (χ2v) is 5.29. The maximum Gasteiger partial charge on any atom is 0.226 e. The number of nitrogens with one attached hydrogen (secondary N) is 1. The van der Waals surface area contributed by atoms with Crippen LogP contribution < -0.4 is 5.32 Å². The Balaban J connectivity index is 1.91. The first-order valence-corrected chi connectivity index (χ1v) is 7.31. The molecular formula is C16H23NO3. The summed E-state index contributed by atoms with van der Waals surface area (Å²) in [5.74, 6) is -0.0749. The van der Waals surface area contributed by atoms with Crippen LogP contribution in [-0.2, 0) is 16.0 Å². The van der Waals surface area contributed by atoms with Gasteiger partial charge in [0, 0.05) is 6.61 Å². The molecule has 0 spiro atoms. The average Bonchev–Trinajstić information content (AvgIpc) is 2.96. The van der Waals surface area contributed by atoms with Gasteiger partial charge in [0.15, 0.2) is 0 Å². The van der Waals surface area contributed by atoms with Crippen molar-refractivity contribution in [2.45, 2.75) is 38.3 Å². The first kappa shape index (κ1) is 15.0. The highest BCUT2D eigenvalue weighted by Crippen LogP contribution is 2.23. The van der Waals surface area contributed by atoms with Crippen molar-refractivity contribution in [2.24, 2.45) is 5.92 Å². The molecule has 110 valence electrons. The molecule has 4 heteroatoms. The van der Waals surface area contributed by atoms with Crippen LogP contribution in [0.25, 0.3) is 0 Å². The number of carbonyl (C=O) groups is 1. The highest BCUT2D eigenvalue weighted by molar-refractivity contribution is 5.79. The van der Waals surface area contributed by atoms with E-state index in [4.69, 9.17) is 4.74 Å². The summed E-state index contributed by atoms with van der Waals surface area (Å²) >= 11 is 0. The molecule has 1 fully saturated rings. The normalized spacial score (nSPS) is 23.5. The molecule has 0 saturated carbocycles. The molecule has 1 saturated heterocycles. The molecule has 1 aromatic carbocycles. The summed E-state index contributed by atoms with van der Waals surface area (Å²) in [6.45, 7) is 2.63. The zero-order valence-corrected chi connectivity index (χ0v) is 11.9. The van der Waals surface area contributed by atoms with Gasteiger partial charge in [-0.3, -0.25) is 4.79 Å². The van der Waals surface area contributed by atoms with E-state index in [-0.39, 0.29) is 30.6 Å². The number of rotatable bonds is 6. The third kappa shape index (κ3) is 3.81. The number of ether oxygens (including phenoxy) is 1. The third-order valence-corrected chi connectivity index (χ3v) is 3.84. The maximum atomic E-state index is 12.3. The quantitative estimate of drug-likeness (QED) is 0.829. The summed E-state index contributed by atoms with van der Waals surface area (Å²) in [5.41, 5.74) is 1.11. The van der Waals surface area contributed by atoms with Crippen molar-refractivity contribution >= 4 is 5.91 Å². The van der Waals surface area contributed by atoms with Gasteiger partial charge in [-0.15, -0.1) is 0 Å². The van der Waals surface area contributed by atoms with E-state index in [9.17, 15) is 9.90 Å². The van der Waals surface area contributed by atoms with E-state index in [1.54, 1.807) is 0 Å². The molecule has 20 heavy (non-hydrogen) atoms. The average molecular weight is 277 g/mol. The van der Waals surface area contributed by atoms with Gasteiger partial charge in [0.1, 0.15) is 0 Å². The predicted molar refractivity (Wildman–Crippen MR) is 77.3 cm³/mol. The van der Waals surface area contributed by atoms with E-state index in [0.29, 0.717) is 13.0 Å². The molecule has 1 amide bonds. The number of aliphatic hydroxyl groups excluding tert-OH is 1. The van der Waals surface area contributed by atoms with Crippen LogP contribution in [0, 0.1) is 5.92 Å². The number of benzene rings is 1. The molecule has 1 aromatic rings. The fraction of sp³-hybridized carbons (Fsp3) is 0.562. The Morgan fingerprint density at radius 2 is 2.20 bits per heavy atom. The molecule has 2 rings (SSSR count). The van der Waals surface area contributed by atoms with E-state index in [0.717, 1.165) is 18.4 Å². The van der Waals surface area contributed by atoms with Crippen molar-refractivity contribution in [2.75, 3.05) is 13.2 Å². The maximum absolute atomic E-state index is 12.3. The molecule has 3 atom stereocenters. The van der Waals surface area contributed by atoms with Crippen molar-refractivity contribution in [3.63, 3.8) is 0 Å². The van der Waals surface area contributed by atoms with Gasteiger partial charge < -0.3 is 15.2 Å². The van der Waals surface area contributed by atoms with Gasteiger partial charge in [-0.1, -0.05) is 37.3 Å². The largest absolute Gasteiger partial charge is 0.394 e. The molecule has 1 heterocycles. The topological polar surface area (TPSA) is 58.6 Å². The van der Waals surface area contributed by atoms with Crippen LogP contribution in [0.3, 0.4) is 0 Å². The molecule has 0 aliphatic carbocycles. The van der Waals surface area contributed by atoms with E-state index in [1.165, 1.54) is 0 Å². The highest BCUT2D eigenvalue weighted by atomic mass is 16.5. The lowest BCUT2D eigenvalue weighted by Crippen LogP contribution is -2.44. The Kier molecular flexibility index (Phi) is 5.56. The van der Waals surface area contributed by atoms with E-state index >= 15 is 0 Å². The minimum atomic E-state index is -0.233. The molecule has 2 unspecified atom stereocenters. The standard InChI is InChI=1S/C16H23NO3/c1-2-15-14(8-9-20-15)16(19)17-13(11-18)10-12-6-4-3-5-7-12/h3-7,13-15,18H,2,8-11H2,1H3,(H,17,19)/t13-,14?,15?/m1/s1. The lowest BCUT2D eigenvalue weighted by atomic mass is 9.97. The number of aliphatic hydroxyl groups is 1. The monoisotopic (exact) mass is 277 g/mol. The van der Waals surface area contributed by atoms with Gasteiger partial charge in [0.25, 0.3) is 0 Å². The van der Waals surface area contributed by atoms with Gasteiger partial charge in [-0.25, -0.2) is 0 Å². The number of hydrogen-bond donors (Lipinski definition) is 2. The van der Waals surface area contributed by atoms with Crippen LogP contribution in [0.5, 0.6) is 0 Å². The fourth-order valence-electron chi connectivity index (χ4n) is 2.72. The Morgan fingerprint density at radius 3 is 2.85 bits per heavy atom. The minimum Gasteiger partial charge on any atom is -0.394 e. The second kappa shape index (κ2) is 7.41. The van der Waals surface area contributed by atoms with Gasteiger partial charge in [-0.05, 0) is 24.8 Å². The van der Waals surface area contributed by atoms with Crippen LogP contribution in [0.2, 0.25) is 0 Å². The summed E-state index contributed by atoms with van der Waals surface area (Å²) < 4.78 is 5.55. The van der Waals surface area contributed by atoms with Crippen molar-refractivity contribution in [1.82, 2.24) is 5.32 Å². The molecule has 1 aliphatic heterocycles. The summed E-state index contributed by atoms with van der Waals surface area (Å²) in [4.78, 5) is 12.3. The summed E-state index contributed by atoms with van der Waals surface area (Å²) in [5, 5.41) is 12.4. The van der Waals surface area contributed by atoms with Crippen molar-refractivity contribution in [3.05, 3.63) is 35.9 Å². The van der Waals surface area contributed by atoms with Crippen LogP contribution in [0.4, 0.5) is 0 Å². The first-order chi connectivity index (χ1) is 9.74. The van der Waals surface area contributed by atoms with E-state index in [2.05, 4.69) is 5.32 Å². The Labute approximate surface area is 120 Å². The van der Waals surface area contributed by atoms with Gasteiger partial charge in [-0.2, -0.15) is 0 Å². The predicted octanol–water partition coefficient (Wildman–Crippen LogP) is 1.52.